The summed E-state index contributed by atoms with van der Waals surface area (Å²) in [6.07, 6.45) is 0. The Morgan fingerprint density at radius 2 is 2.00 bits per heavy atom. The number of hydrogen-bond acceptors (Lipinski definition) is 4. The van der Waals surface area contributed by atoms with Crippen LogP contribution < -0.4 is 11.1 Å². The molecule has 0 radical (unpaired) electrons. The molecular formula is C12H14N2O3S. The van der Waals surface area contributed by atoms with E-state index in [9.17, 15) is 14.4 Å². The fourth-order valence-corrected chi connectivity index (χ4v) is 2.20. The zero-order valence-electron chi connectivity index (χ0n) is 10.1. The largest absolute Gasteiger partial charge is 0.351 e. The molecule has 5 nitrogen and oxygen atoms in total. The zero-order chi connectivity index (χ0) is 13.7. The van der Waals surface area contributed by atoms with Crippen molar-refractivity contribution >= 4 is 29.5 Å². The Hall–Kier alpha value is -1.82. The molecule has 0 fully saturated rings. The molecule has 96 valence electrons. The van der Waals surface area contributed by atoms with Crippen LogP contribution in [0.15, 0.2) is 29.2 Å². The average molecular weight is 266 g/mol. The van der Waals surface area contributed by atoms with Crippen molar-refractivity contribution in [2.24, 2.45) is 5.73 Å². The van der Waals surface area contributed by atoms with Gasteiger partial charge in [-0.3, -0.25) is 14.9 Å². The molecule has 0 saturated heterocycles. The van der Waals surface area contributed by atoms with Crippen LogP contribution in [0.5, 0.6) is 0 Å². The summed E-state index contributed by atoms with van der Waals surface area (Å²) in [5, 5.41) is 1.54. The van der Waals surface area contributed by atoms with Crippen LogP contribution in [0.1, 0.15) is 24.2 Å². The fourth-order valence-electron chi connectivity index (χ4n) is 1.27. The first kappa shape index (κ1) is 14.2. The molecule has 1 unspecified atom stereocenters. The van der Waals surface area contributed by atoms with Crippen LogP contribution in [-0.4, -0.2) is 23.0 Å². The van der Waals surface area contributed by atoms with Crippen molar-refractivity contribution in [3.63, 3.8) is 0 Å². The highest BCUT2D eigenvalue weighted by Gasteiger charge is 2.16. The molecule has 0 bridgehead atoms. The lowest BCUT2D eigenvalue weighted by Crippen LogP contribution is -2.39. The Bertz CT molecular complexity index is 488. The third-order valence-electron chi connectivity index (χ3n) is 2.17. The van der Waals surface area contributed by atoms with Crippen molar-refractivity contribution < 1.29 is 14.4 Å². The maximum atomic E-state index is 11.5. The van der Waals surface area contributed by atoms with Gasteiger partial charge >= 0.3 is 6.03 Å². The van der Waals surface area contributed by atoms with Crippen LogP contribution in [0.3, 0.4) is 0 Å². The lowest BCUT2D eigenvalue weighted by molar-refractivity contribution is -0.119. The smallest absolute Gasteiger partial charge is 0.318 e. The van der Waals surface area contributed by atoms with E-state index in [1.54, 1.807) is 31.2 Å². The quantitative estimate of drug-likeness (QED) is 0.639. The van der Waals surface area contributed by atoms with Gasteiger partial charge in [0, 0.05) is 10.5 Å². The summed E-state index contributed by atoms with van der Waals surface area (Å²) in [5.74, 6) is -0.493. The number of nitrogens with one attached hydrogen (secondary N) is 1. The molecule has 3 amide bonds. The SMILES string of the molecule is CC(=O)c1cccc(SC(C)C(=O)NC(N)=O)c1. The molecule has 0 spiro atoms. The first-order valence-corrected chi connectivity index (χ1v) is 6.16. The third kappa shape index (κ3) is 4.21. The van der Waals surface area contributed by atoms with E-state index < -0.39 is 17.2 Å². The molecule has 1 aromatic carbocycles. The number of carbonyl (C=O) groups excluding carboxylic acids is 3. The Labute approximate surface area is 109 Å². The highest BCUT2D eigenvalue weighted by Crippen LogP contribution is 2.24. The summed E-state index contributed by atoms with van der Waals surface area (Å²) in [5.41, 5.74) is 5.45. The van der Waals surface area contributed by atoms with Gasteiger partial charge in [0.25, 0.3) is 0 Å². The number of hydrogen-bond donors (Lipinski definition) is 2. The number of imide groups is 1. The van der Waals surface area contributed by atoms with Crippen LogP contribution in [0.2, 0.25) is 0 Å². The summed E-state index contributed by atoms with van der Waals surface area (Å²) < 4.78 is 0. The minimum absolute atomic E-state index is 0.0355. The summed E-state index contributed by atoms with van der Waals surface area (Å²) in [7, 11) is 0. The Morgan fingerprint density at radius 1 is 1.33 bits per heavy atom. The molecule has 0 aliphatic carbocycles. The van der Waals surface area contributed by atoms with Gasteiger partial charge in [0.1, 0.15) is 0 Å². The standard InChI is InChI=1S/C12H14N2O3S/c1-7(15)9-4-3-5-10(6-9)18-8(2)11(16)14-12(13)17/h3-6,8H,1-2H3,(H3,13,14,16,17). The Balaban J connectivity index is 2.72. The molecule has 18 heavy (non-hydrogen) atoms. The number of ketones is 1. The van der Waals surface area contributed by atoms with E-state index in [1.165, 1.54) is 18.7 Å². The number of Topliss-reactive ketones (excluding diaryl/α,β-unsaturated/α-hetero) is 1. The van der Waals surface area contributed by atoms with Crippen molar-refractivity contribution in [3.05, 3.63) is 29.8 Å². The normalized spacial score (nSPS) is 11.7. The van der Waals surface area contributed by atoms with Crippen molar-refractivity contribution in [1.82, 2.24) is 5.32 Å². The number of urea groups is 1. The Morgan fingerprint density at radius 3 is 2.56 bits per heavy atom. The first-order chi connectivity index (χ1) is 8.40. The summed E-state index contributed by atoms with van der Waals surface area (Å²) in [4.78, 5) is 34.0. The summed E-state index contributed by atoms with van der Waals surface area (Å²) >= 11 is 1.25. The molecule has 0 aromatic heterocycles. The van der Waals surface area contributed by atoms with Gasteiger partial charge in [-0.1, -0.05) is 12.1 Å². The Kier molecular flexibility index (Phi) is 4.91. The third-order valence-corrected chi connectivity index (χ3v) is 3.26. The molecule has 0 aliphatic rings. The van der Waals surface area contributed by atoms with Gasteiger partial charge in [-0.05, 0) is 26.0 Å². The lowest BCUT2D eigenvalue weighted by Gasteiger charge is -2.10. The van der Waals surface area contributed by atoms with Crippen LogP contribution in [0.4, 0.5) is 4.79 Å². The fraction of sp³-hybridized carbons (Fsp3) is 0.250. The van der Waals surface area contributed by atoms with Crippen LogP contribution in [0, 0.1) is 0 Å². The highest BCUT2D eigenvalue weighted by molar-refractivity contribution is 8.00. The highest BCUT2D eigenvalue weighted by atomic mass is 32.2. The van der Waals surface area contributed by atoms with E-state index in [0.29, 0.717) is 5.56 Å². The van der Waals surface area contributed by atoms with E-state index in [1.807, 2.05) is 5.32 Å². The maximum Gasteiger partial charge on any atom is 0.318 e. The van der Waals surface area contributed by atoms with E-state index in [-0.39, 0.29) is 5.78 Å². The second-order valence-corrected chi connectivity index (χ2v) is 5.11. The molecule has 0 heterocycles. The summed E-state index contributed by atoms with van der Waals surface area (Å²) in [6, 6.07) is 6.09. The van der Waals surface area contributed by atoms with Gasteiger partial charge < -0.3 is 5.73 Å². The summed E-state index contributed by atoms with van der Waals surface area (Å²) in [6.45, 7) is 3.14. The molecule has 1 atom stereocenters. The number of amides is 3. The second-order valence-electron chi connectivity index (χ2n) is 3.70. The van der Waals surface area contributed by atoms with Gasteiger partial charge in [-0.2, -0.15) is 0 Å². The van der Waals surface area contributed by atoms with E-state index in [0.717, 1.165) is 4.90 Å². The minimum atomic E-state index is -0.870. The zero-order valence-corrected chi connectivity index (χ0v) is 10.9. The van der Waals surface area contributed by atoms with Gasteiger partial charge in [-0.25, -0.2) is 4.79 Å². The molecule has 3 N–H and O–H groups in total. The molecule has 1 aromatic rings. The van der Waals surface area contributed by atoms with Gasteiger partial charge in [-0.15, -0.1) is 11.8 Å². The minimum Gasteiger partial charge on any atom is -0.351 e. The van der Waals surface area contributed by atoms with Crippen molar-refractivity contribution in [1.29, 1.82) is 0 Å². The van der Waals surface area contributed by atoms with E-state index >= 15 is 0 Å². The van der Waals surface area contributed by atoms with Crippen molar-refractivity contribution in [2.45, 2.75) is 24.0 Å². The monoisotopic (exact) mass is 266 g/mol. The van der Waals surface area contributed by atoms with Gasteiger partial charge in [0.15, 0.2) is 5.78 Å². The molecule has 6 heteroatoms. The number of benzene rings is 1. The van der Waals surface area contributed by atoms with Gasteiger partial charge in [0.2, 0.25) is 5.91 Å². The average Bonchev–Trinajstić information content (AvgIpc) is 2.28. The number of carbonyl (C=O) groups is 3. The second kappa shape index (κ2) is 6.20. The first-order valence-electron chi connectivity index (χ1n) is 5.28. The maximum absolute atomic E-state index is 11.5. The predicted octanol–water partition coefficient (Wildman–Crippen LogP) is 1.56. The topological polar surface area (TPSA) is 89.3 Å². The number of nitrogens with two attached hydrogens (primary N) is 1. The van der Waals surface area contributed by atoms with Gasteiger partial charge in [0.05, 0.1) is 5.25 Å². The van der Waals surface area contributed by atoms with Crippen molar-refractivity contribution in [3.8, 4) is 0 Å². The van der Waals surface area contributed by atoms with Crippen LogP contribution in [0.25, 0.3) is 0 Å². The number of thioether (sulfide) groups is 1. The van der Waals surface area contributed by atoms with Crippen LogP contribution in [-0.2, 0) is 4.79 Å². The lowest BCUT2D eigenvalue weighted by atomic mass is 10.2. The van der Waals surface area contributed by atoms with Crippen molar-refractivity contribution in [2.75, 3.05) is 0 Å². The molecule has 0 aliphatic heterocycles. The molecule has 1 rings (SSSR count). The predicted molar refractivity (Wildman–Crippen MR) is 69.5 cm³/mol. The molecule has 0 saturated carbocycles. The van der Waals surface area contributed by atoms with E-state index in [2.05, 4.69) is 0 Å². The van der Waals surface area contributed by atoms with E-state index in [4.69, 9.17) is 5.73 Å². The van der Waals surface area contributed by atoms with Crippen LogP contribution >= 0.6 is 11.8 Å². The number of primary amides is 1. The number of rotatable bonds is 4. The molecular weight excluding hydrogens is 252 g/mol.